The molecular weight excluding hydrogens is 228 g/mol. The number of alkyl halides is 2. The lowest BCUT2D eigenvalue weighted by molar-refractivity contribution is 0.147. The highest BCUT2D eigenvalue weighted by molar-refractivity contribution is 7.08. The molecule has 0 saturated carbocycles. The van der Waals surface area contributed by atoms with Crippen molar-refractivity contribution in [1.29, 1.82) is 0 Å². The molecule has 2 heterocycles. The molecule has 0 radical (unpaired) electrons. The monoisotopic (exact) mass is 245 g/mol. The van der Waals surface area contributed by atoms with Gasteiger partial charge >= 0.3 is 0 Å². The summed E-state index contributed by atoms with van der Waals surface area (Å²) in [6, 6.07) is 0.103. The first-order valence-electron chi connectivity index (χ1n) is 5.67. The molecule has 1 saturated heterocycles. The van der Waals surface area contributed by atoms with Gasteiger partial charge in [-0.15, -0.1) is 0 Å². The van der Waals surface area contributed by atoms with E-state index in [0.29, 0.717) is 11.8 Å². The van der Waals surface area contributed by atoms with Gasteiger partial charge in [-0.05, 0) is 41.1 Å². The van der Waals surface area contributed by atoms with Crippen LogP contribution in [-0.4, -0.2) is 6.54 Å². The summed E-state index contributed by atoms with van der Waals surface area (Å²) in [5.74, 6) is 1.07. The zero-order chi connectivity index (χ0) is 11.7. The third-order valence-corrected chi connectivity index (χ3v) is 4.10. The van der Waals surface area contributed by atoms with Gasteiger partial charge in [0.25, 0.3) is 6.43 Å². The number of nitrogens with one attached hydrogen (secondary N) is 1. The van der Waals surface area contributed by atoms with Crippen molar-refractivity contribution in [2.45, 2.75) is 32.7 Å². The molecule has 2 rings (SSSR count). The first-order valence-corrected chi connectivity index (χ1v) is 6.61. The molecule has 3 atom stereocenters. The fraction of sp³-hybridized carbons (Fsp3) is 0.667. The van der Waals surface area contributed by atoms with Crippen LogP contribution in [0.3, 0.4) is 0 Å². The Morgan fingerprint density at radius 3 is 2.75 bits per heavy atom. The summed E-state index contributed by atoms with van der Waals surface area (Å²) < 4.78 is 25.6. The van der Waals surface area contributed by atoms with Crippen LogP contribution in [0.1, 0.15) is 43.9 Å². The quantitative estimate of drug-likeness (QED) is 0.830. The highest BCUT2D eigenvalue weighted by Gasteiger charge is 2.29. The number of thiophene rings is 1. The zero-order valence-electron chi connectivity index (χ0n) is 9.54. The van der Waals surface area contributed by atoms with Crippen LogP contribution in [0.15, 0.2) is 10.8 Å². The first kappa shape index (κ1) is 12.0. The lowest BCUT2D eigenvalue weighted by Gasteiger charge is -2.34. The zero-order valence-corrected chi connectivity index (χ0v) is 10.4. The maximum Gasteiger partial charge on any atom is 0.264 e. The number of hydrogen-bond acceptors (Lipinski definition) is 2. The highest BCUT2D eigenvalue weighted by Crippen LogP contribution is 2.37. The molecule has 90 valence electrons. The minimum atomic E-state index is -2.35. The lowest BCUT2D eigenvalue weighted by atomic mass is 9.83. The third kappa shape index (κ3) is 2.28. The summed E-state index contributed by atoms with van der Waals surface area (Å²) in [7, 11) is 0. The van der Waals surface area contributed by atoms with Crippen molar-refractivity contribution in [2.75, 3.05) is 6.54 Å². The molecule has 1 nitrogen and oxygen atoms in total. The van der Waals surface area contributed by atoms with Gasteiger partial charge in [-0.25, -0.2) is 8.78 Å². The molecule has 0 aliphatic carbocycles. The third-order valence-electron chi connectivity index (χ3n) is 3.32. The van der Waals surface area contributed by atoms with Crippen LogP contribution in [0.2, 0.25) is 0 Å². The Labute approximate surface area is 98.9 Å². The molecule has 1 aliphatic heterocycles. The highest BCUT2D eigenvalue weighted by atomic mass is 32.1. The predicted octanol–water partition coefficient (Wildman–Crippen LogP) is 3.99. The van der Waals surface area contributed by atoms with Crippen molar-refractivity contribution < 1.29 is 8.78 Å². The summed E-state index contributed by atoms with van der Waals surface area (Å²) >= 11 is 1.37. The predicted molar refractivity (Wildman–Crippen MR) is 63.0 cm³/mol. The molecule has 4 heteroatoms. The minimum absolute atomic E-state index is 0.103. The van der Waals surface area contributed by atoms with Gasteiger partial charge in [0.05, 0.1) is 0 Å². The number of piperidine rings is 1. The molecule has 1 N–H and O–H groups in total. The summed E-state index contributed by atoms with van der Waals surface area (Å²) in [6.45, 7) is 5.26. The normalized spacial score (nSPS) is 30.9. The van der Waals surface area contributed by atoms with Crippen molar-refractivity contribution in [1.82, 2.24) is 5.32 Å². The molecule has 0 aromatic carbocycles. The molecule has 0 bridgehead atoms. The number of halogens is 2. The van der Waals surface area contributed by atoms with Crippen LogP contribution >= 0.6 is 11.3 Å². The second kappa shape index (κ2) is 4.80. The maximum atomic E-state index is 12.8. The Morgan fingerprint density at radius 2 is 2.12 bits per heavy atom. The van der Waals surface area contributed by atoms with Crippen LogP contribution in [-0.2, 0) is 0 Å². The van der Waals surface area contributed by atoms with Crippen LogP contribution < -0.4 is 5.32 Å². The number of hydrogen-bond donors (Lipinski definition) is 1. The molecule has 0 spiro atoms. The van der Waals surface area contributed by atoms with Crippen LogP contribution in [0, 0.1) is 11.8 Å². The maximum absolute atomic E-state index is 12.8. The van der Waals surface area contributed by atoms with Gasteiger partial charge in [-0.2, -0.15) is 11.3 Å². The molecule has 0 amide bonds. The summed E-state index contributed by atoms with van der Waals surface area (Å²) in [4.78, 5) is 0. The molecule has 3 unspecified atom stereocenters. The first-order chi connectivity index (χ1) is 7.59. The van der Waals surface area contributed by atoms with E-state index in [9.17, 15) is 8.78 Å². The van der Waals surface area contributed by atoms with Crippen molar-refractivity contribution in [2.24, 2.45) is 11.8 Å². The van der Waals surface area contributed by atoms with Gasteiger partial charge in [0, 0.05) is 11.6 Å². The van der Waals surface area contributed by atoms with Gasteiger partial charge in [-0.1, -0.05) is 13.8 Å². The van der Waals surface area contributed by atoms with E-state index >= 15 is 0 Å². The van der Waals surface area contributed by atoms with Crippen molar-refractivity contribution in [3.8, 4) is 0 Å². The van der Waals surface area contributed by atoms with E-state index < -0.39 is 6.43 Å². The smallest absolute Gasteiger partial charge is 0.264 e. The van der Waals surface area contributed by atoms with E-state index in [0.717, 1.165) is 18.5 Å². The average molecular weight is 245 g/mol. The Hall–Kier alpha value is -0.480. The Bertz CT molecular complexity index is 351. The topological polar surface area (TPSA) is 12.0 Å². The largest absolute Gasteiger partial charge is 0.309 e. The average Bonchev–Trinajstić information content (AvgIpc) is 2.66. The van der Waals surface area contributed by atoms with Crippen molar-refractivity contribution in [3.63, 3.8) is 0 Å². The van der Waals surface area contributed by atoms with Crippen LogP contribution in [0.25, 0.3) is 0 Å². The van der Waals surface area contributed by atoms with E-state index in [4.69, 9.17) is 0 Å². The number of rotatable bonds is 2. The molecule has 16 heavy (non-hydrogen) atoms. The van der Waals surface area contributed by atoms with E-state index in [1.54, 1.807) is 5.38 Å². The summed E-state index contributed by atoms with van der Waals surface area (Å²) in [5, 5.41) is 6.83. The summed E-state index contributed by atoms with van der Waals surface area (Å²) in [6.07, 6.45) is -1.24. The molecule has 1 aromatic heterocycles. The van der Waals surface area contributed by atoms with Crippen LogP contribution in [0.4, 0.5) is 8.78 Å². The van der Waals surface area contributed by atoms with E-state index in [1.165, 1.54) is 11.3 Å². The molecular formula is C12H17F2NS. The fourth-order valence-electron chi connectivity index (χ4n) is 2.55. The second-order valence-electron chi connectivity index (χ2n) is 4.79. The summed E-state index contributed by atoms with van der Waals surface area (Å²) in [5.41, 5.74) is 1.02. The van der Waals surface area contributed by atoms with Gasteiger partial charge in [-0.3, -0.25) is 0 Å². The second-order valence-corrected chi connectivity index (χ2v) is 5.53. The van der Waals surface area contributed by atoms with Crippen LogP contribution in [0.5, 0.6) is 0 Å². The Morgan fingerprint density at radius 1 is 1.38 bits per heavy atom. The molecule has 1 aromatic rings. The van der Waals surface area contributed by atoms with Gasteiger partial charge in [0.1, 0.15) is 0 Å². The van der Waals surface area contributed by atoms with E-state index in [2.05, 4.69) is 19.2 Å². The van der Waals surface area contributed by atoms with E-state index in [1.807, 2.05) is 5.38 Å². The Kier molecular flexibility index (Phi) is 3.60. The van der Waals surface area contributed by atoms with Gasteiger partial charge in [0.2, 0.25) is 0 Å². The lowest BCUT2D eigenvalue weighted by Crippen LogP contribution is -2.37. The fourth-order valence-corrected chi connectivity index (χ4v) is 3.43. The molecule has 1 aliphatic rings. The molecule has 1 fully saturated rings. The van der Waals surface area contributed by atoms with Gasteiger partial charge < -0.3 is 5.32 Å². The van der Waals surface area contributed by atoms with E-state index in [-0.39, 0.29) is 11.6 Å². The van der Waals surface area contributed by atoms with Gasteiger partial charge in [0.15, 0.2) is 0 Å². The van der Waals surface area contributed by atoms with Crippen molar-refractivity contribution in [3.05, 3.63) is 21.9 Å². The Balaban J connectivity index is 2.20. The van der Waals surface area contributed by atoms with Crippen molar-refractivity contribution >= 4 is 11.3 Å². The standard InChI is InChI=1S/C12H17F2NS/c1-7-3-8(2)11(15-4-7)9-5-16-6-10(9)12(13)14/h5-8,11-12,15H,3-4H2,1-2H3. The SMILES string of the molecule is CC1CNC(c2cscc2C(F)F)C(C)C1. The minimum Gasteiger partial charge on any atom is -0.309 e.